The molecule has 2 rings (SSSR count). The Labute approximate surface area is 126 Å². The molecule has 1 N–H and O–H groups in total. The van der Waals surface area contributed by atoms with Crippen LogP contribution in [0, 0.1) is 13.8 Å². The Kier molecular flexibility index (Phi) is 4.66. The Morgan fingerprint density at radius 2 is 2.16 bits per heavy atom. The van der Waals surface area contributed by atoms with Crippen molar-refractivity contribution in [2.24, 2.45) is 0 Å². The first-order valence-corrected chi connectivity index (χ1v) is 7.26. The zero-order valence-corrected chi connectivity index (χ0v) is 13.5. The number of nitrogens with zero attached hydrogens (tertiary/aromatic N) is 1. The molecule has 102 valence electrons. The molecule has 0 aliphatic carbocycles. The lowest BCUT2D eigenvalue weighted by Crippen LogP contribution is -2.19. The molecule has 0 spiro atoms. The Balaban J connectivity index is 2.04. The Morgan fingerprint density at radius 3 is 2.74 bits per heavy atom. The third-order valence-corrected chi connectivity index (χ3v) is 4.35. The summed E-state index contributed by atoms with van der Waals surface area (Å²) in [4.78, 5) is 0. The van der Waals surface area contributed by atoms with Crippen LogP contribution in [0.3, 0.4) is 0 Å². The molecule has 1 aromatic heterocycles. The van der Waals surface area contributed by atoms with Crippen molar-refractivity contribution >= 4 is 27.5 Å². The third kappa shape index (κ3) is 3.38. The molecule has 19 heavy (non-hydrogen) atoms. The Bertz CT molecular complexity index is 563. The first-order chi connectivity index (χ1) is 8.99. The van der Waals surface area contributed by atoms with Crippen LogP contribution in [0.4, 0.5) is 0 Å². The van der Waals surface area contributed by atoms with Crippen LogP contribution in [0.15, 0.2) is 27.2 Å². The molecule has 0 fully saturated rings. The van der Waals surface area contributed by atoms with Crippen molar-refractivity contribution in [2.45, 2.75) is 33.4 Å². The summed E-state index contributed by atoms with van der Waals surface area (Å²) in [5.74, 6) is 0.867. The molecule has 0 amide bonds. The SMILES string of the molecule is Cc1noc(C)c1C(C)NCc1ccc(Br)c(Cl)c1. The highest BCUT2D eigenvalue weighted by atomic mass is 79.9. The number of rotatable bonds is 4. The van der Waals surface area contributed by atoms with Gasteiger partial charge in [0.1, 0.15) is 5.76 Å². The fourth-order valence-corrected chi connectivity index (χ4v) is 2.58. The molecular formula is C14H16BrClN2O. The van der Waals surface area contributed by atoms with E-state index in [4.69, 9.17) is 16.1 Å². The van der Waals surface area contributed by atoms with E-state index in [1.165, 1.54) is 0 Å². The molecule has 1 atom stereocenters. The van der Waals surface area contributed by atoms with Crippen LogP contribution in [0.2, 0.25) is 5.02 Å². The van der Waals surface area contributed by atoms with E-state index in [0.717, 1.165) is 38.6 Å². The van der Waals surface area contributed by atoms with Gasteiger partial charge in [-0.2, -0.15) is 0 Å². The highest BCUT2D eigenvalue weighted by Gasteiger charge is 2.15. The Morgan fingerprint density at radius 1 is 1.42 bits per heavy atom. The summed E-state index contributed by atoms with van der Waals surface area (Å²) in [5.41, 5.74) is 3.21. The van der Waals surface area contributed by atoms with E-state index >= 15 is 0 Å². The van der Waals surface area contributed by atoms with E-state index in [2.05, 4.69) is 33.3 Å². The number of benzene rings is 1. The average Bonchev–Trinajstić information content (AvgIpc) is 2.70. The fourth-order valence-electron chi connectivity index (χ4n) is 2.13. The molecular weight excluding hydrogens is 328 g/mol. The summed E-state index contributed by atoms with van der Waals surface area (Å²) in [5, 5.41) is 8.16. The van der Waals surface area contributed by atoms with Crippen LogP contribution in [0.5, 0.6) is 0 Å². The molecule has 0 saturated carbocycles. The van der Waals surface area contributed by atoms with Crippen molar-refractivity contribution in [3.63, 3.8) is 0 Å². The number of aromatic nitrogens is 1. The molecule has 0 bridgehead atoms. The normalized spacial score (nSPS) is 12.7. The van der Waals surface area contributed by atoms with Gasteiger partial charge in [-0.1, -0.05) is 22.8 Å². The quantitative estimate of drug-likeness (QED) is 0.884. The first-order valence-electron chi connectivity index (χ1n) is 6.09. The van der Waals surface area contributed by atoms with Gasteiger partial charge in [0.2, 0.25) is 0 Å². The molecule has 0 aliphatic rings. The van der Waals surface area contributed by atoms with E-state index in [1.54, 1.807) is 0 Å². The molecule has 1 aromatic carbocycles. The summed E-state index contributed by atoms with van der Waals surface area (Å²) in [7, 11) is 0. The maximum absolute atomic E-state index is 6.08. The van der Waals surface area contributed by atoms with Crippen LogP contribution in [0.25, 0.3) is 0 Å². The van der Waals surface area contributed by atoms with Crippen molar-refractivity contribution < 1.29 is 4.52 Å². The number of hydrogen-bond donors (Lipinski definition) is 1. The number of nitrogens with one attached hydrogen (secondary N) is 1. The van der Waals surface area contributed by atoms with Gasteiger partial charge in [-0.05, 0) is 54.4 Å². The smallest absolute Gasteiger partial charge is 0.138 e. The lowest BCUT2D eigenvalue weighted by atomic mass is 10.1. The van der Waals surface area contributed by atoms with E-state index in [-0.39, 0.29) is 6.04 Å². The van der Waals surface area contributed by atoms with Gasteiger partial charge in [-0.25, -0.2) is 0 Å². The second-order valence-electron chi connectivity index (χ2n) is 4.59. The van der Waals surface area contributed by atoms with Crippen molar-refractivity contribution in [3.8, 4) is 0 Å². The minimum Gasteiger partial charge on any atom is -0.361 e. The lowest BCUT2D eigenvalue weighted by Gasteiger charge is -2.14. The molecule has 3 nitrogen and oxygen atoms in total. The maximum atomic E-state index is 6.08. The largest absolute Gasteiger partial charge is 0.361 e. The average molecular weight is 344 g/mol. The van der Waals surface area contributed by atoms with Crippen molar-refractivity contribution in [1.82, 2.24) is 10.5 Å². The monoisotopic (exact) mass is 342 g/mol. The minimum atomic E-state index is 0.189. The Hall–Kier alpha value is -0.840. The summed E-state index contributed by atoms with van der Waals surface area (Å²) in [6, 6.07) is 6.15. The minimum absolute atomic E-state index is 0.189. The predicted octanol–water partition coefficient (Wildman–Crippen LogP) is 4.56. The molecule has 1 unspecified atom stereocenters. The lowest BCUT2D eigenvalue weighted by molar-refractivity contribution is 0.390. The third-order valence-electron chi connectivity index (χ3n) is 3.12. The molecule has 0 radical (unpaired) electrons. The van der Waals surface area contributed by atoms with Crippen LogP contribution in [-0.2, 0) is 6.54 Å². The molecule has 0 saturated heterocycles. The first kappa shape index (κ1) is 14.6. The fraction of sp³-hybridized carbons (Fsp3) is 0.357. The number of hydrogen-bond acceptors (Lipinski definition) is 3. The van der Waals surface area contributed by atoms with E-state index in [0.29, 0.717) is 0 Å². The van der Waals surface area contributed by atoms with Gasteiger partial charge in [0.05, 0.1) is 10.7 Å². The second-order valence-corrected chi connectivity index (χ2v) is 5.85. The standard InChI is InChI=1S/C14H16BrClN2O/c1-8(14-9(2)18-19-10(14)3)17-7-11-4-5-12(15)13(16)6-11/h4-6,8,17H,7H2,1-3H3. The predicted molar refractivity (Wildman–Crippen MR) is 80.4 cm³/mol. The van der Waals surface area contributed by atoms with Crippen molar-refractivity contribution in [3.05, 3.63) is 50.3 Å². The van der Waals surface area contributed by atoms with E-state index < -0.39 is 0 Å². The van der Waals surface area contributed by atoms with Gasteiger partial charge in [0, 0.05) is 22.6 Å². The highest BCUT2D eigenvalue weighted by molar-refractivity contribution is 9.10. The van der Waals surface area contributed by atoms with Gasteiger partial charge in [0.25, 0.3) is 0 Å². The van der Waals surface area contributed by atoms with Crippen molar-refractivity contribution in [1.29, 1.82) is 0 Å². The number of halogens is 2. The van der Waals surface area contributed by atoms with Crippen LogP contribution < -0.4 is 5.32 Å². The summed E-state index contributed by atoms with van der Waals surface area (Å²) < 4.78 is 6.10. The van der Waals surface area contributed by atoms with Gasteiger partial charge in [-0.3, -0.25) is 0 Å². The zero-order chi connectivity index (χ0) is 14.0. The van der Waals surface area contributed by atoms with Gasteiger partial charge >= 0.3 is 0 Å². The molecule has 1 heterocycles. The van der Waals surface area contributed by atoms with Crippen molar-refractivity contribution in [2.75, 3.05) is 0 Å². The highest BCUT2D eigenvalue weighted by Crippen LogP contribution is 2.24. The van der Waals surface area contributed by atoms with Gasteiger partial charge < -0.3 is 9.84 Å². The summed E-state index contributed by atoms with van der Waals surface area (Å²) >= 11 is 9.47. The topological polar surface area (TPSA) is 38.1 Å². The van der Waals surface area contributed by atoms with Crippen LogP contribution in [0.1, 0.15) is 35.5 Å². The van der Waals surface area contributed by atoms with Gasteiger partial charge in [0.15, 0.2) is 0 Å². The zero-order valence-electron chi connectivity index (χ0n) is 11.1. The second kappa shape index (κ2) is 6.07. The van der Waals surface area contributed by atoms with E-state index in [9.17, 15) is 0 Å². The number of aryl methyl sites for hydroxylation is 2. The molecule has 5 heteroatoms. The summed E-state index contributed by atoms with van der Waals surface area (Å²) in [6.45, 7) is 6.75. The molecule has 0 aliphatic heterocycles. The van der Waals surface area contributed by atoms with Crippen LogP contribution in [-0.4, -0.2) is 5.16 Å². The summed E-state index contributed by atoms with van der Waals surface area (Å²) in [6.07, 6.45) is 0. The maximum Gasteiger partial charge on any atom is 0.138 e. The van der Waals surface area contributed by atoms with Gasteiger partial charge in [-0.15, -0.1) is 0 Å². The van der Waals surface area contributed by atoms with E-state index in [1.807, 2.05) is 32.0 Å². The molecule has 2 aromatic rings. The van der Waals surface area contributed by atoms with Crippen LogP contribution >= 0.6 is 27.5 Å².